The molecule has 178 valence electrons. The zero-order chi connectivity index (χ0) is 24.6. The molecule has 0 heterocycles. The van der Waals surface area contributed by atoms with Gasteiger partial charge in [-0.1, -0.05) is 54.6 Å². The van der Waals surface area contributed by atoms with Crippen molar-refractivity contribution in [1.82, 2.24) is 5.43 Å². The Labute approximate surface area is 213 Å². The highest BCUT2D eigenvalue weighted by Crippen LogP contribution is 2.37. The highest BCUT2D eigenvalue weighted by atomic mass is 79.9. The van der Waals surface area contributed by atoms with E-state index in [1.165, 1.54) is 10.8 Å². The number of hydrazone groups is 1. The van der Waals surface area contributed by atoms with Gasteiger partial charge in [0.15, 0.2) is 11.5 Å². The van der Waals surface area contributed by atoms with Crippen molar-refractivity contribution in [2.75, 3.05) is 11.9 Å². The molecule has 4 rings (SSSR count). The fourth-order valence-corrected chi connectivity index (χ4v) is 4.15. The van der Waals surface area contributed by atoms with E-state index in [1.807, 2.05) is 62.4 Å². The Morgan fingerprint density at radius 3 is 2.54 bits per heavy atom. The number of aryl methyl sites for hydroxylation is 1. The molecule has 0 aliphatic heterocycles. The minimum Gasteiger partial charge on any atom is -0.490 e. The number of rotatable bonds is 8. The number of para-hydroxylation sites is 1. The summed E-state index contributed by atoms with van der Waals surface area (Å²) in [6.45, 7) is 4.72. The van der Waals surface area contributed by atoms with E-state index in [4.69, 9.17) is 9.47 Å². The van der Waals surface area contributed by atoms with Crippen LogP contribution in [0.3, 0.4) is 0 Å². The van der Waals surface area contributed by atoms with E-state index in [2.05, 4.69) is 62.1 Å². The molecule has 0 bridgehead atoms. The second-order valence-corrected chi connectivity index (χ2v) is 8.73. The number of ether oxygens (including phenoxy) is 2. The van der Waals surface area contributed by atoms with Crippen LogP contribution < -0.4 is 20.2 Å². The molecule has 0 fully saturated rings. The summed E-state index contributed by atoms with van der Waals surface area (Å²) in [7, 11) is 0. The molecular formula is C28H26BrN3O3. The molecule has 0 aliphatic rings. The molecule has 0 spiro atoms. The molecular weight excluding hydrogens is 506 g/mol. The lowest BCUT2D eigenvalue weighted by Gasteiger charge is -2.15. The Morgan fingerprint density at radius 1 is 0.971 bits per heavy atom. The van der Waals surface area contributed by atoms with E-state index in [0.717, 1.165) is 26.9 Å². The van der Waals surface area contributed by atoms with E-state index in [0.29, 0.717) is 24.7 Å². The number of nitrogens with zero attached hydrogens (tertiary/aromatic N) is 1. The zero-order valence-corrected chi connectivity index (χ0v) is 21.1. The second-order valence-electron chi connectivity index (χ2n) is 7.87. The van der Waals surface area contributed by atoms with Gasteiger partial charge in [0.25, 0.3) is 0 Å². The summed E-state index contributed by atoms with van der Waals surface area (Å²) in [5.41, 5.74) is 5.99. The van der Waals surface area contributed by atoms with Crippen LogP contribution in [-0.2, 0) is 6.61 Å². The average molecular weight is 532 g/mol. The number of fused-ring (bicyclic) bond motifs is 1. The van der Waals surface area contributed by atoms with E-state index in [9.17, 15) is 4.79 Å². The largest absolute Gasteiger partial charge is 0.490 e. The smallest absolute Gasteiger partial charge is 0.339 e. The van der Waals surface area contributed by atoms with Gasteiger partial charge in [0.1, 0.15) is 6.61 Å². The minimum atomic E-state index is -0.421. The minimum absolute atomic E-state index is 0.400. The Morgan fingerprint density at radius 2 is 1.74 bits per heavy atom. The van der Waals surface area contributed by atoms with Crippen LogP contribution in [0.15, 0.2) is 88.4 Å². The molecule has 0 atom stereocenters. The molecule has 0 saturated carbocycles. The van der Waals surface area contributed by atoms with Gasteiger partial charge < -0.3 is 14.8 Å². The van der Waals surface area contributed by atoms with Gasteiger partial charge in [0, 0.05) is 5.69 Å². The summed E-state index contributed by atoms with van der Waals surface area (Å²) in [5, 5.41) is 9.19. The fraction of sp³-hybridized carbons (Fsp3) is 0.143. The van der Waals surface area contributed by atoms with Crippen molar-refractivity contribution in [1.29, 1.82) is 0 Å². The average Bonchev–Trinajstić information content (AvgIpc) is 2.85. The van der Waals surface area contributed by atoms with Crippen LogP contribution in [0, 0.1) is 6.92 Å². The lowest BCUT2D eigenvalue weighted by Crippen LogP contribution is -2.24. The van der Waals surface area contributed by atoms with Crippen LogP contribution in [0.4, 0.5) is 10.5 Å². The van der Waals surface area contributed by atoms with Gasteiger partial charge in [0.2, 0.25) is 0 Å². The standard InChI is InChI=1S/C28H26BrN3O3/c1-3-34-26-16-21(17-30-32-28(33)31-25-11-7-4-8-19(25)2)15-24(29)27(26)35-18-20-12-13-22-9-5-6-10-23(22)14-20/h4-17H,3,18H2,1-2H3,(H2,31,32,33). The number of urea groups is 1. The van der Waals surface area contributed by atoms with Gasteiger partial charge in [-0.25, -0.2) is 10.2 Å². The molecule has 35 heavy (non-hydrogen) atoms. The third-order valence-corrected chi connectivity index (χ3v) is 5.89. The number of carbonyl (C=O) groups excluding carboxylic acids is 1. The van der Waals surface area contributed by atoms with Gasteiger partial charge in [-0.05, 0) is 81.5 Å². The lowest BCUT2D eigenvalue weighted by atomic mass is 10.1. The maximum atomic E-state index is 12.2. The first-order chi connectivity index (χ1) is 17.0. The van der Waals surface area contributed by atoms with E-state index < -0.39 is 6.03 Å². The van der Waals surface area contributed by atoms with Crippen molar-refractivity contribution >= 4 is 44.6 Å². The van der Waals surface area contributed by atoms with Crippen LogP contribution in [0.1, 0.15) is 23.6 Å². The molecule has 6 nitrogen and oxygen atoms in total. The molecule has 0 unspecified atom stereocenters. The van der Waals surface area contributed by atoms with Gasteiger partial charge in [0.05, 0.1) is 17.3 Å². The number of halogens is 1. The van der Waals surface area contributed by atoms with Gasteiger partial charge >= 0.3 is 6.03 Å². The van der Waals surface area contributed by atoms with Gasteiger partial charge in [-0.15, -0.1) is 0 Å². The molecule has 2 amide bonds. The van der Waals surface area contributed by atoms with Crippen molar-refractivity contribution in [3.63, 3.8) is 0 Å². The molecule has 7 heteroatoms. The quantitative estimate of drug-likeness (QED) is 0.189. The van der Waals surface area contributed by atoms with Crippen LogP contribution in [0.2, 0.25) is 0 Å². The molecule has 0 aliphatic carbocycles. The van der Waals surface area contributed by atoms with Crippen molar-refractivity contribution in [2.24, 2.45) is 5.10 Å². The van der Waals surface area contributed by atoms with E-state index in [-0.39, 0.29) is 0 Å². The first kappa shape index (κ1) is 24.3. The van der Waals surface area contributed by atoms with Crippen molar-refractivity contribution in [3.05, 3.63) is 100 Å². The monoisotopic (exact) mass is 531 g/mol. The highest BCUT2D eigenvalue weighted by molar-refractivity contribution is 9.10. The molecule has 2 N–H and O–H groups in total. The number of benzene rings is 4. The van der Waals surface area contributed by atoms with Crippen LogP contribution >= 0.6 is 15.9 Å². The summed E-state index contributed by atoms with van der Waals surface area (Å²) in [6, 6.07) is 25.3. The molecule has 4 aromatic rings. The maximum absolute atomic E-state index is 12.2. The van der Waals surface area contributed by atoms with Crippen LogP contribution in [0.25, 0.3) is 10.8 Å². The van der Waals surface area contributed by atoms with Crippen molar-refractivity contribution in [3.8, 4) is 11.5 Å². The topological polar surface area (TPSA) is 72.0 Å². The Kier molecular flexibility index (Phi) is 8.00. The second kappa shape index (κ2) is 11.5. The predicted octanol–water partition coefficient (Wildman–Crippen LogP) is 7.04. The summed E-state index contributed by atoms with van der Waals surface area (Å²) in [4.78, 5) is 12.2. The summed E-state index contributed by atoms with van der Waals surface area (Å²) in [6.07, 6.45) is 1.55. The Hall–Kier alpha value is -3.84. The maximum Gasteiger partial charge on any atom is 0.339 e. The number of anilines is 1. The highest BCUT2D eigenvalue weighted by Gasteiger charge is 2.13. The summed E-state index contributed by atoms with van der Waals surface area (Å²) >= 11 is 3.59. The summed E-state index contributed by atoms with van der Waals surface area (Å²) in [5.74, 6) is 1.20. The third-order valence-electron chi connectivity index (χ3n) is 5.30. The van der Waals surface area contributed by atoms with Gasteiger partial charge in [-0.2, -0.15) is 5.10 Å². The number of nitrogens with one attached hydrogen (secondary N) is 2. The predicted molar refractivity (Wildman–Crippen MR) is 145 cm³/mol. The normalized spacial score (nSPS) is 10.9. The molecule has 4 aromatic carbocycles. The van der Waals surface area contributed by atoms with Crippen molar-refractivity contribution < 1.29 is 14.3 Å². The van der Waals surface area contributed by atoms with Gasteiger partial charge in [-0.3, -0.25) is 0 Å². The number of carbonyl (C=O) groups is 1. The molecule has 0 radical (unpaired) electrons. The summed E-state index contributed by atoms with van der Waals surface area (Å²) < 4.78 is 12.7. The number of amides is 2. The Bertz CT molecular complexity index is 1370. The SMILES string of the molecule is CCOc1cc(C=NNC(=O)Nc2ccccc2C)cc(Br)c1OCc1ccc2ccccc2c1. The van der Waals surface area contributed by atoms with Crippen LogP contribution in [-0.4, -0.2) is 18.9 Å². The van der Waals surface area contributed by atoms with E-state index in [1.54, 1.807) is 6.21 Å². The number of hydrogen-bond acceptors (Lipinski definition) is 4. The van der Waals surface area contributed by atoms with E-state index >= 15 is 0 Å². The molecule has 0 aromatic heterocycles. The first-order valence-corrected chi connectivity index (χ1v) is 12.1. The first-order valence-electron chi connectivity index (χ1n) is 11.3. The Balaban J connectivity index is 1.44. The van der Waals surface area contributed by atoms with Crippen LogP contribution in [0.5, 0.6) is 11.5 Å². The number of hydrogen-bond donors (Lipinski definition) is 2. The lowest BCUT2D eigenvalue weighted by molar-refractivity contribution is 0.252. The van der Waals surface area contributed by atoms with Crippen molar-refractivity contribution in [2.45, 2.75) is 20.5 Å². The fourth-order valence-electron chi connectivity index (χ4n) is 3.58. The molecule has 0 saturated heterocycles. The zero-order valence-electron chi connectivity index (χ0n) is 19.5. The third kappa shape index (κ3) is 6.39.